The zero-order valence-corrected chi connectivity index (χ0v) is 15.7. The third-order valence-corrected chi connectivity index (χ3v) is 6.68. The molecule has 3 atom stereocenters. The van der Waals surface area contributed by atoms with E-state index in [1.54, 1.807) is 10.7 Å². The summed E-state index contributed by atoms with van der Waals surface area (Å²) in [6, 6.07) is 10.2. The van der Waals surface area contributed by atoms with E-state index in [4.69, 9.17) is 0 Å². The van der Waals surface area contributed by atoms with Crippen molar-refractivity contribution in [3.8, 4) is 5.75 Å². The number of hydrogen-bond acceptors (Lipinski definition) is 4. The topological polar surface area (TPSA) is 61.6 Å². The zero-order chi connectivity index (χ0) is 18.5. The minimum Gasteiger partial charge on any atom is -0.508 e. The molecule has 4 aliphatic heterocycles. The fraction of sp³-hybridized carbons (Fsp3) is 0.524. The van der Waals surface area contributed by atoms with Crippen LogP contribution in [0.2, 0.25) is 0 Å². The molecule has 2 bridgehead atoms. The normalized spacial score (nSPS) is 31.9. The number of hydrogen-bond donors (Lipinski definition) is 1. The van der Waals surface area contributed by atoms with Crippen LogP contribution in [0.1, 0.15) is 30.0 Å². The first kappa shape index (κ1) is 16.8. The van der Waals surface area contributed by atoms with E-state index in [1.807, 2.05) is 31.3 Å². The van der Waals surface area contributed by atoms with Gasteiger partial charge < -0.3 is 10.0 Å². The molecular weight excluding hydrogens is 340 g/mol. The number of aryl methyl sites for hydroxylation is 1. The maximum atomic E-state index is 13.2. The van der Waals surface area contributed by atoms with Crippen LogP contribution < -0.4 is 0 Å². The van der Waals surface area contributed by atoms with E-state index < -0.39 is 0 Å². The van der Waals surface area contributed by atoms with Gasteiger partial charge in [0.15, 0.2) is 0 Å². The van der Waals surface area contributed by atoms with Crippen molar-refractivity contribution in [1.29, 1.82) is 0 Å². The number of benzene rings is 1. The molecule has 0 radical (unpaired) electrons. The van der Waals surface area contributed by atoms with E-state index in [1.165, 1.54) is 12.8 Å². The van der Waals surface area contributed by atoms with Crippen LogP contribution in [0.4, 0.5) is 0 Å². The lowest BCUT2D eigenvalue weighted by Gasteiger charge is -2.51. The maximum absolute atomic E-state index is 13.2. The second kappa shape index (κ2) is 6.37. The number of carbonyl (C=O) groups is 1. The second-order valence-electron chi connectivity index (χ2n) is 8.26. The number of fused-ring (bicyclic) bond motifs is 2. The Morgan fingerprint density at radius 1 is 1.22 bits per heavy atom. The van der Waals surface area contributed by atoms with E-state index in [0.29, 0.717) is 24.3 Å². The van der Waals surface area contributed by atoms with Gasteiger partial charge in [0.1, 0.15) is 12.3 Å². The van der Waals surface area contributed by atoms with E-state index in [9.17, 15) is 9.90 Å². The van der Waals surface area contributed by atoms with Crippen LogP contribution in [0.25, 0.3) is 0 Å². The lowest BCUT2D eigenvalue weighted by molar-refractivity contribution is -0.136. The highest BCUT2D eigenvalue weighted by molar-refractivity contribution is 5.77. The third kappa shape index (κ3) is 2.83. The average molecular weight is 366 g/mol. The molecule has 6 nitrogen and oxygen atoms in total. The van der Waals surface area contributed by atoms with E-state index in [-0.39, 0.29) is 17.9 Å². The highest BCUT2D eigenvalue weighted by Gasteiger charge is 2.54. The Labute approximate surface area is 159 Å². The van der Waals surface area contributed by atoms with Crippen molar-refractivity contribution in [2.75, 3.05) is 19.6 Å². The molecule has 1 amide bonds. The van der Waals surface area contributed by atoms with Gasteiger partial charge in [-0.05, 0) is 62.5 Å². The van der Waals surface area contributed by atoms with Crippen molar-refractivity contribution in [2.24, 2.45) is 5.92 Å². The van der Waals surface area contributed by atoms with Gasteiger partial charge in [-0.1, -0.05) is 12.1 Å². The Morgan fingerprint density at radius 2 is 2.04 bits per heavy atom. The van der Waals surface area contributed by atoms with Gasteiger partial charge in [0.2, 0.25) is 5.91 Å². The summed E-state index contributed by atoms with van der Waals surface area (Å²) in [6.07, 6.45) is 4.24. The molecule has 142 valence electrons. The summed E-state index contributed by atoms with van der Waals surface area (Å²) in [5.74, 6) is 1.31. The quantitative estimate of drug-likeness (QED) is 0.902. The molecule has 0 saturated carbocycles. The number of carbonyl (C=O) groups excluding carboxylic acids is 1. The molecule has 4 fully saturated rings. The zero-order valence-electron chi connectivity index (χ0n) is 15.7. The highest BCUT2D eigenvalue weighted by Crippen LogP contribution is 2.46. The molecule has 4 saturated heterocycles. The summed E-state index contributed by atoms with van der Waals surface area (Å²) in [4.78, 5) is 17.9. The maximum Gasteiger partial charge on any atom is 0.244 e. The fourth-order valence-corrected chi connectivity index (χ4v) is 5.53. The van der Waals surface area contributed by atoms with Crippen molar-refractivity contribution in [2.45, 2.75) is 44.3 Å². The van der Waals surface area contributed by atoms with Crippen molar-refractivity contribution in [1.82, 2.24) is 19.6 Å². The summed E-state index contributed by atoms with van der Waals surface area (Å²) in [5, 5.41) is 14.4. The largest absolute Gasteiger partial charge is 0.508 e. The number of piperidine rings is 3. The number of likely N-dealkylation sites (tertiary alicyclic amines) is 1. The number of phenols is 1. The van der Waals surface area contributed by atoms with E-state index in [0.717, 1.165) is 30.9 Å². The summed E-state index contributed by atoms with van der Waals surface area (Å²) in [6.45, 7) is 5.22. The number of rotatable bonds is 3. The molecule has 6 heteroatoms. The van der Waals surface area contributed by atoms with Gasteiger partial charge in [0, 0.05) is 24.7 Å². The van der Waals surface area contributed by atoms with Crippen LogP contribution in [-0.2, 0) is 11.3 Å². The number of amides is 1. The Balaban J connectivity index is 1.46. The Kier molecular flexibility index (Phi) is 3.97. The van der Waals surface area contributed by atoms with Gasteiger partial charge in [-0.15, -0.1) is 0 Å². The fourth-order valence-electron chi connectivity index (χ4n) is 5.53. The Bertz CT molecular complexity index is 855. The van der Waals surface area contributed by atoms with Crippen LogP contribution in [-0.4, -0.2) is 62.3 Å². The van der Waals surface area contributed by atoms with Gasteiger partial charge in [-0.25, -0.2) is 0 Å². The highest BCUT2D eigenvalue weighted by atomic mass is 16.3. The summed E-state index contributed by atoms with van der Waals surface area (Å²) >= 11 is 0. The molecule has 1 aromatic heterocycles. The molecule has 4 aliphatic rings. The van der Waals surface area contributed by atoms with Gasteiger partial charge in [-0.3, -0.25) is 14.4 Å². The molecule has 27 heavy (non-hydrogen) atoms. The Hall–Kier alpha value is -2.34. The lowest BCUT2D eigenvalue weighted by Crippen LogP contribution is -2.61. The average Bonchev–Trinajstić information content (AvgIpc) is 3.28. The monoisotopic (exact) mass is 366 g/mol. The minimum absolute atomic E-state index is 0.157. The molecule has 0 spiro atoms. The molecule has 2 aromatic rings. The standard InChI is InChI=1S/C21H26N4O2/c1-14-5-10-24(22-14)13-19(27)25-12-18(16-3-2-4-17(26)11-16)21-20(25)15-6-8-23(21)9-7-15/h2-5,10-11,15,18,20-21,26H,6-9,12-13H2,1H3/t18-,20+,21+/m1/s1. The molecule has 1 N–H and O–H groups in total. The number of aromatic nitrogens is 2. The SMILES string of the molecule is Cc1ccn(CC(=O)N2C[C@H](c3cccc(O)c3)[C@H]3[C@@H]2C2CCN3CC2)n1. The van der Waals surface area contributed by atoms with Gasteiger partial charge in [0.05, 0.1) is 11.7 Å². The summed E-state index contributed by atoms with van der Waals surface area (Å²) in [5.41, 5.74) is 2.07. The predicted molar refractivity (Wildman–Crippen MR) is 101 cm³/mol. The van der Waals surface area contributed by atoms with Gasteiger partial charge in [0.25, 0.3) is 0 Å². The van der Waals surface area contributed by atoms with Crippen molar-refractivity contribution < 1.29 is 9.90 Å². The lowest BCUT2D eigenvalue weighted by atomic mass is 9.75. The molecule has 6 rings (SSSR count). The van der Waals surface area contributed by atoms with Gasteiger partial charge in [-0.2, -0.15) is 5.10 Å². The van der Waals surface area contributed by atoms with E-state index >= 15 is 0 Å². The molecular formula is C21H26N4O2. The van der Waals surface area contributed by atoms with Crippen molar-refractivity contribution in [3.63, 3.8) is 0 Å². The third-order valence-electron chi connectivity index (χ3n) is 6.68. The summed E-state index contributed by atoms with van der Waals surface area (Å²) < 4.78 is 1.75. The van der Waals surface area contributed by atoms with Crippen LogP contribution in [0, 0.1) is 12.8 Å². The number of aromatic hydroxyl groups is 1. The van der Waals surface area contributed by atoms with Crippen LogP contribution in [0.5, 0.6) is 5.75 Å². The molecule has 0 unspecified atom stereocenters. The first-order chi connectivity index (χ1) is 13.1. The summed E-state index contributed by atoms with van der Waals surface area (Å²) in [7, 11) is 0. The van der Waals surface area contributed by atoms with Gasteiger partial charge >= 0.3 is 0 Å². The first-order valence-corrected chi connectivity index (χ1v) is 9.92. The van der Waals surface area contributed by atoms with Crippen molar-refractivity contribution in [3.05, 3.63) is 47.8 Å². The van der Waals surface area contributed by atoms with Crippen LogP contribution in [0.3, 0.4) is 0 Å². The van der Waals surface area contributed by atoms with E-state index in [2.05, 4.69) is 21.0 Å². The number of phenolic OH excluding ortho intramolecular Hbond substituents is 1. The Morgan fingerprint density at radius 3 is 2.74 bits per heavy atom. The minimum atomic E-state index is 0.157. The van der Waals surface area contributed by atoms with Crippen LogP contribution >= 0.6 is 0 Å². The molecule has 1 aromatic carbocycles. The molecule has 5 heterocycles. The smallest absolute Gasteiger partial charge is 0.244 e. The van der Waals surface area contributed by atoms with Crippen LogP contribution in [0.15, 0.2) is 36.5 Å². The second-order valence-corrected chi connectivity index (χ2v) is 8.26. The van der Waals surface area contributed by atoms with Crippen molar-refractivity contribution >= 4 is 5.91 Å². The predicted octanol–water partition coefficient (Wildman–Crippen LogP) is 1.99. The number of nitrogens with zero attached hydrogens (tertiary/aromatic N) is 4. The molecule has 0 aliphatic carbocycles. The first-order valence-electron chi connectivity index (χ1n) is 9.92.